The molecule has 0 aromatic heterocycles. The van der Waals surface area contributed by atoms with Gasteiger partial charge in [-0.3, -0.25) is 0 Å². The number of hydrogen-bond donors (Lipinski definition) is 2. The van der Waals surface area contributed by atoms with Crippen molar-refractivity contribution >= 4 is 23.3 Å². The molecular formula is C19H25ClN2O2. The summed E-state index contributed by atoms with van der Waals surface area (Å²) in [5.41, 5.74) is 1.24. The number of urea groups is 1. The Morgan fingerprint density at radius 2 is 1.96 bits per heavy atom. The van der Waals surface area contributed by atoms with Crippen LogP contribution in [0.2, 0.25) is 5.02 Å². The van der Waals surface area contributed by atoms with E-state index in [0.29, 0.717) is 17.1 Å². The Balaban J connectivity index is 1.45. The van der Waals surface area contributed by atoms with Crippen LogP contribution in [-0.4, -0.2) is 33.7 Å². The number of benzene rings is 1. The zero-order valence-corrected chi connectivity index (χ0v) is 15.0. The highest BCUT2D eigenvalue weighted by molar-refractivity contribution is 6.31. The molecule has 2 heterocycles. The SMILES string of the molecule is CC1CC2CC(C1)N2C(=O)Nc1ccc(Cl)c(C2CC(C)(O)C2)c1. The maximum atomic E-state index is 12.6. The van der Waals surface area contributed by atoms with Crippen LogP contribution < -0.4 is 5.32 Å². The molecule has 5 rings (SSSR count). The highest BCUT2D eigenvalue weighted by Crippen LogP contribution is 2.47. The van der Waals surface area contributed by atoms with Gasteiger partial charge >= 0.3 is 6.03 Å². The minimum Gasteiger partial charge on any atom is -0.390 e. The first-order valence-corrected chi connectivity index (χ1v) is 9.31. The fourth-order valence-corrected chi connectivity index (χ4v) is 5.09. The summed E-state index contributed by atoms with van der Waals surface area (Å²) in [6.45, 7) is 4.13. The first kappa shape index (κ1) is 16.2. The second kappa shape index (κ2) is 5.63. The molecule has 130 valence electrons. The average Bonchev–Trinajstić information content (AvgIpc) is 2.46. The maximum Gasteiger partial charge on any atom is 0.322 e. The predicted molar refractivity (Wildman–Crippen MR) is 95.5 cm³/mol. The topological polar surface area (TPSA) is 52.6 Å². The van der Waals surface area contributed by atoms with E-state index in [1.165, 1.54) is 0 Å². The van der Waals surface area contributed by atoms with E-state index in [1.54, 1.807) is 0 Å². The fourth-order valence-electron chi connectivity index (χ4n) is 4.82. The molecule has 4 aliphatic rings. The normalized spacial score (nSPS) is 37.4. The van der Waals surface area contributed by atoms with Gasteiger partial charge < -0.3 is 15.3 Å². The summed E-state index contributed by atoms with van der Waals surface area (Å²) in [4.78, 5) is 14.6. The first-order chi connectivity index (χ1) is 11.3. The molecule has 2 bridgehead atoms. The Labute approximate surface area is 148 Å². The Hall–Kier alpha value is -1.26. The minimum atomic E-state index is -0.584. The molecule has 0 radical (unpaired) electrons. The van der Waals surface area contributed by atoms with Crippen molar-refractivity contribution in [3.8, 4) is 0 Å². The summed E-state index contributed by atoms with van der Waals surface area (Å²) in [6, 6.07) is 6.51. The van der Waals surface area contributed by atoms with Crippen LogP contribution >= 0.6 is 11.6 Å². The molecule has 1 aromatic rings. The summed E-state index contributed by atoms with van der Waals surface area (Å²) < 4.78 is 0. The number of aliphatic hydroxyl groups is 1. The van der Waals surface area contributed by atoms with Crippen LogP contribution in [0.5, 0.6) is 0 Å². The molecular weight excluding hydrogens is 324 g/mol. The van der Waals surface area contributed by atoms with E-state index in [0.717, 1.165) is 49.3 Å². The molecule has 24 heavy (non-hydrogen) atoms. The number of halogens is 1. The van der Waals surface area contributed by atoms with Crippen molar-refractivity contribution in [3.63, 3.8) is 0 Å². The van der Waals surface area contributed by atoms with Crippen LogP contribution in [0.4, 0.5) is 10.5 Å². The lowest BCUT2D eigenvalue weighted by Gasteiger charge is -2.54. The van der Waals surface area contributed by atoms with Crippen molar-refractivity contribution in [2.24, 2.45) is 5.92 Å². The van der Waals surface area contributed by atoms with E-state index in [1.807, 2.05) is 30.0 Å². The monoisotopic (exact) mass is 348 g/mol. The summed E-state index contributed by atoms with van der Waals surface area (Å²) >= 11 is 6.32. The van der Waals surface area contributed by atoms with Crippen LogP contribution in [0, 0.1) is 5.92 Å². The largest absolute Gasteiger partial charge is 0.390 e. The lowest BCUT2D eigenvalue weighted by Crippen LogP contribution is -2.63. The molecule has 2 N–H and O–H groups in total. The molecule has 0 spiro atoms. The maximum absolute atomic E-state index is 12.6. The van der Waals surface area contributed by atoms with Crippen LogP contribution in [0.15, 0.2) is 18.2 Å². The third-order valence-corrected chi connectivity index (χ3v) is 6.32. The van der Waals surface area contributed by atoms with Gasteiger partial charge in [-0.05, 0) is 74.6 Å². The highest BCUT2D eigenvalue weighted by Gasteiger charge is 2.46. The van der Waals surface area contributed by atoms with Gasteiger partial charge in [0.05, 0.1) is 5.60 Å². The molecule has 2 unspecified atom stereocenters. The Morgan fingerprint density at radius 3 is 2.58 bits per heavy atom. The lowest BCUT2D eigenvalue weighted by molar-refractivity contribution is -0.0313. The third kappa shape index (κ3) is 2.80. The zero-order valence-electron chi connectivity index (χ0n) is 14.3. The Morgan fingerprint density at radius 1 is 1.29 bits per heavy atom. The molecule has 4 nitrogen and oxygen atoms in total. The number of nitrogens with one attached hydrogen (secondary N) is 1. The molecule has 1 aromatic carbocycles. The number of carbonyl (C=O) groups excluding carboxylic acids is 1. The Bertz CT molecular complexity index is 655. The van der Waals surface area contributed by atoms with Crippen molar-refractivity contribution in [1.82, 2.24) is 4.90 Å². The molecule has 2 aliphatic heterocycles. The van der Waals surface area contributed by atoms with Gasteiger partial charge in [0.2, 0.25) is 0 Å². The van der Waals surface area contributed by atoms with Gasteiger partial charge in [0.25, 0.3) is 0 Å². The van der Waals surface area contributed by atoms with Crippen LogP contribution in [0.3, 0.4) is 0 Å². The highest BCUT2D eigenvalue weighted by atomic mass is 35.5. The van der Waals surface area contributed by atoms with E-state index in [9.17, 15) is 9.90 Å². The van der Waals surface area contributed by atoms with E-state index in [2.05, 4.69) is 12.2 Å². The summed E-state index contributed by atoms with van der Waals surface area (Å²) in [5, 5.41) is 13.7. The number of carbonyl (C=O) groups is 1. The second-order valence-corrected chi connectivity index (χ2v) is 8.70. The number of piperidine rings is 1. The smallest absolute Gasteiger partial charge is 0.322 e. The molecule has 2 saturated carbocycles. The predicted octanol–water partition coefficient (Wildman–Crippen LogP) is 4.37. The van der Waals surface area contributed by atoms with Gasteiger partial charge in [-0.2, -0.15) is 0 Å². The van der Waals surface area contributed by atoms with Crippen molar-refractivity contribution in [1.29, 1.82) is 0 Å². The number of fused-ring (bicyclic) bond motifs is 2. The molecule has 5 heteroatoms. The van der Waals surface area contributed by atoms with Crippen LogP contribution in [0.25, 0.3) is 0 Å². The van der Waals surface area contributed by atoms with Gasteiger partial charge in [0.1, 0.15) is 0 Å². The van der Waals surface area contributed by atoms with Gasteiger partial charge in [0.15, 0.2) is 0 Å². The zero-order chi connectivity index (χ0) is 17.1. The number of hydrogen-bond acceptors (Lipinski definition) is 2. The minimum absolute atomic E-state index is 0.0111. The number of anilines is 1. The Kier molecular flexibility index (Phi) is 3.81. The van der Waals surface area contributed by atoms with Crippen molar-refractivity contribution in [2.45, 2.75) is 69.6 Å². The molecule has 4 fully saturated rings. The number of nitrogens with zero attached hydrogens (tertiary/aromatic N) is 1. The molecule has 2 aliphatic carbocycles. The third-order valence-electron chi connectivity index (χ3n) is 5.97. The average molecular weight is 349 g/mol. The number of amides is 2. The van der Waals surface area contributed by atoms with Crippen LogP contribution in [-0.2, 0) is 0 Å². The van der Waals surface area contributed by atoms with Crippen molar-refractivity contribution in [2.75, 3.05) is 5.32 Å². The van der Waals surface area contributed by atoms with Crippen LogP contribution in [0.1, 0.15) is 57.4 Å². The summed E-state index contributed by atoms with van der Waals surface area (Å²) in [7, 11) is 0. The fraction of sp³-hybridized carbons (Fsp3) is 0.632. The van der Waals surface area contributed by atoms with E-state index < -0.39 is 5.60 Å². The van der Waals surface area contributed by atoms with Crippen molar-refractivity contribution < 1.29 is 9.90 Å². The van der Waals surface area contributed by atoms with Gasteiger partial charge in [0, 0.05) is 22.8 Å². The first-order valence-electron chi connectivity index (χ1n) is 8.93. The van der Waals surface area contributed by atoms with E-state index in [-0.39, 0.29) is 11.9 Å². The summed E-state index contributed by atoms with van der Waals surface area (Å²) in [6.07, 6.45) is 4.83. The quantitative estimate of drug-likeness (QED) is 0.833. The van der Waals surface area contributed by atoms with E-state index >= 15 is 0 Å². The molecule has 2 saturated heterocycles. The van der Waals surface area contributed by atoms with Gasteiger partial charge in [-0.1, -0.05) is 18.5 Å². The van der Waals surface area contributed by atoms with Gasteiger partial charge in [-0.25, -0.2) is 4.79 Å². The number of rotatable bonds is 2. The summed E-state index contributed by atoms with van der Waals surface area (Å²) in [5.74, 6) is 1.000. The lowest BCUT2D eigenvalue weighted by atomic mass is 9.69. The van der Waals surface area contributed by atoms with Gasteiger partial charge in [-0.15, -0.1) is 0 Å². The molecule has 2 atom stereocenters. The van der Waals surface area contributed by atoms with Crippen molar-refractivity contribution in [3.05, 3.63) is 28.8 Å². The standard InChI is InChI=1S/C19H25ClN2O2/c1-11-5-14-8-15(6-11)22(14)18(23)21-13-3-4-17(20)16(7-13)12-9-19(2,24)10-12/h3-4,7,11-12,14-15,24H,5-6,8-10H2,1-2H3,(H,21,23). The molecule has 2 amide bonds. The van der Waals surface area contributed by atoms with E-state index in [4.69, 9.17) is 11.6 Å². The second-order valence-electron chi connectivity index (χ2n) is 8.30.